The lowest BCUT2D eigenvalue weighted by molar-refractivity contribution is 0.550. The van der Waals surface area contributed by atoms with Crippen LogP contribution in [0.5, 0.6) is 0 Å². The van der Waals surface area contributed by atoms with Crippen molar-refractivity contribution < 1.29 is 0 Å². The summed E-state index contributed by atoms with van der Waals surface area (Å²) in [6, 6.07) is 90.6. The van der Waals surface area contributed by atoms with Crippen molar-refractivity contribution in [1.29, 1.82) is 0 Å². The third-order valence-electron chi connectivity index (χ3n) is 17.0. The number of fused-ring (bicyclic) bond motifs is 10. The molecule has 346 valence electrons. The topological polar surface area (TPSA) is 6.48 Å². The summed E-state index contributed by atoms with van der Waals surface area (Å²) in [6.45, 7) is 0. The molecule has 4 aliphatic carbocycles. The molecule has 0 aliphatic heterocycles. The fourth-order valence-corrected chi connectivity index (χ4v) is 13.6. The third kappa shape index (κ3) is 6.91. The molecule has 2 heteroatoms. The predicted octanol–water partition coefficient (Wildman–Crippen LogP) is 19.3. The van der Waals surface area contributed by atoms with Crippen molar-refractivity contribution in [3.63, 3.8) is 0 Å². The molecule has 0 amide bonds. The second-order valence-electron chi connectivity index (χ2n) is 20.7. The molecule has 14 rings (SSSR count). The number of hydrogen-bond acceptors (Lipinski definition) is 2. The summed E-state index contributed by atoms with van der Waals surface area (Å²) in [6.07, 6.45) is 10.2. The van der Waals surface area contributed by atoms with Gasteiger partial charge >= 0.3 is 0 Å². The van der Waals surface area contributed by atoms with E-state index in [1.54, 1.807) is 0 Å². The highest BCUT2D eigenvalue weighted by atomic mass is 15.1. The summed E-state index contributed by atoms with van der Waals surface area (Å²) in [7, 11) is 0. The maximum absolute atomic E-state index is 2.51. The Labute approximate surface area is 424 Å². The van der Waals surface area contributed by atoms with Crippen LogP contribution in [0.4, 0.5) is 34.1 Å². The summed E-state index contributed by atoms with van der Waals surface area (Å²) in [4.78, 5) is 4.73. The van der Waals surface area contributed by atoms with E-state index in [1.165, 1.54) is 129 Å². The molecule has 0 radical (unpaired) electrons. The van der Waals surface area contributed by atoms with E-state index in [2.05, 4.69) is 252 Å². The average Bonchev–Trinajstić information content (AvgIpc) is 4.27. The van der Waals surface area contributed by atoms with Crippen LogP contribution in [0, 0.1) is 0 Å². The van der Waals surface area contributed by atoms with Gasteiger partial charge in [-0.25, -0.2) is 0 Å². The number of benzene rings is 10. The molecule has 0 N–H and O–H groups in total. The molecule has 2 fully saturated rings. The number of hydrogen-bond donors (Lipinski definition) is 0. The van der Waals surface area contributed by atoms with E-state index < -0.39 is 0 Å². The van der Waals surface area contributed by atoms with Crippen LogP contribution in [-0.2, 0) is 10.8 Å². The van der Waals surface area contributed by atoms with E-state index in [9.17, 15) is 0 Å². The van der Waals surface area contributed by atoms with Gasteiger partial charge in [-0.15, -0.1) is 0 Å². The monoisotopic (exact) mass is 924 g/mol. The van der Waals surface area contributed by atoms with Crippen molar-refractivity contribution in [1.82, 2.24) is 0 Å². The van der Waals surface area contributed by atoms with Gasteiger partial charge in [0.25, 0.3) is 0 Å². The van der Waals surface area contributed by atoms with Crippen LogP contribution in [-0.4, -0.2) is 0 Å². The Morgan fingerprint density at radius 2 is 0.486 bits per heavy atom. The van der Waals surface area contributed by atoms with Crippen molar-refractivity contribution in [2.45, 2.75) is 62.2 Å². The molecule has 72 heavy (non-hydrogen) atoms. The Bertz CT molecular complexity index is 3360. The maximum Gasteiger partial charge on any atom is 0.0462 e. The Morgan fingerprint density at radius 3 is 0.833 bits per heavy atom. The first-order chi connectivity index (χ1) is 35.6. The molecule has 0 bridgehead atoms. The zero-order chi connectivity index (χ0) is 47.6. The lowest BCUT2D eigenvalue weighted by atomic mass is 9.76. The molecular formula is C70H56N2. The van der Waals surface area contributed by atoms with Crippen LogP contribution >= 0.6 is 0 Å². The molecule has 2 spiro atoms. The highest BCUT2D eigenvalue weighted by molar-refractivity contribution is 5.87. The molecule has 2 nitrogen and oxygen atoms in total. The van der Waals surface area contributed by atoms with Gasteiger partial charge in [-0.05, 0) is 189 Å². The van der Waals surface area contributed by atoms with Crippen LogP contribution in [0.1, 0.15) is 73.6 Å². The van der Waals surface area contributed by atoms with Crippen molar-refractivity contribution in [2.75, 3.05) is 9.80 Å². The fraction of sp³-hybridized carbons (Fsp3) is 0.143. The van der Waals surface area contributed by atoms with E-state index in [4.69, 9.17) is 0 Å². The quantitative estimate of drug-likeness (QED) is 0.142. The summed E-state index contributed by atoms with van der Waals surface area (Å²) >= 11 is 0. The van der Waals surface area contributed by atoms with Gasteiger partial charge in [-0.2, -0.15) is 0 Å². The zero-order valence-electron chi connectivity index (χ0n) is 40.6. The van der Waals surface area contributed by atoms with Gasteiger partial charge in [0.1, 0.15) is 0 Å². The first-order valence-electron chi connectivity index (χ1n) is 26.2. The summed E-state index contributed by atoms with van der Waals surface area (Å²) in [5, 5.41) is 0. The highest BCUT2D eigenvalue weighted by Crippen LogP contribution is 2.59. The van der Waals surface area contributed by atoms with Gasteiger partial charge in [0.15, 0.2) is 0 Å². The minimum Gasteiger partial charge on any atom is -0.311 e. The van der Waals surface area contributed by atoms with E-state index in [1.807, 2.05) is 0 Å². The van der Waals surface area contributed by atoms with Gasteiger partial charge in [0, 0.05) is 45.0 Å². The molecule has 10 aromatic carbocycles. The SMILES string of the molecule is c1ccc(N(c2ccc(-c3ccc(N(c4ccccc4)c4ccc(-c5ccc6c(c5)C5(CCCC5)c5ccccc5-6)cc4)cc3)cc2)c2ccc(-c3ccc4c(c3)C3(CCCC3)c3ccccc3-4)cc2)cc1. The predicted molar refractivity (Wildman–Crippen MR) is 301 cm³/mol. The Balaban J connectivity index is 0.731. The second-order valence-corrected chi connectivity index (χ2v) is 20.7. The van der Waals surface area contributed by atoms with Crippen LogP contribution in [0.3, 0.4) is 0 Å². The molecule has 0 heterocycles. The zero-order valence-corrected chi connectivity index (χ0v) is 40.6. The van der Waals surface area contributed by atoms with Crippen molar-refractivity contribution in [3.05, 3.63) is 265 Å². The summed E-state index contributed by atoms with van der Waals surface area (Å²) < 4.78 is 0. The molecule has 2 saturated carbocycles. The first-order valence-corrected chi connectivity index (χ1v) is 26.2. The lowest BCUT2D eigenvalue weighted by Gasteiger charge is -2.27. The van der Waals surface area contributed by atoms with Crippen molar-refractivity contribution in [3.8, 4) is 55.6 Å². The first kappa shape index (κ1) is 42.7. The van der Waals surface area contributed by atoms with Crippen LogP contribution in [0.25, 0.3) is 55.6 Å². The molecule has 10 aromatic rings. The number of anilines is 6. The Hall–Kier alpha value is -8.20. The maximum atomic E-state index is 2.51. The van der Waals surface area contributed by atoms with E-state index in [0.29, 0.717) is 0 Å². The molecule has 0 saturated heterocycles. The molecule has 4 aliphatic rings. The minimum atomic E-state index is 0.160. The van der Waals surface area contributed by atoms with E-state index >= 15 is 0 Å². The van der Waals surface area contributed by atoms with Gasteiger partial charge in [-0.1, -0.05) is 183 Å². The van der Waals surface area contributed by atoms with Gasteiger partial charge in [-0.3, -0.25) is 0 Å². The Kier molecular flexibility index (Phi) is 10.2. The van der Waals surface area contributed by atoms with Crippen LogP contribution in [0.15, 0.2) is 243 Å². The Morgan fingerprint density at radius 1 is 0.222 bits per heavy atom. The second kappa shape index (κ2) is 17.3. The standard InChI is InChI=1S/C70H56N2/c1-3-15-55(16-4-1)71(59-37-27-51(28-38-59)53-31-41-63-61-19-7-9-21-65(61)69(67(63)47-53)43-11-12-44-69)57-33-23-49(24-34-57)50-25-35-58(36-26-50)72(56-17-5-2-6-18-56)60-39-29-52(30-40-60)54-32-42-64-62-20-8-10-22-66(62)70(68(64)48-54)45-13-14-46-70/h1-10,15-42,47-48H,11-14,43-46H2. The number of nitrogens with zero attached hydrogens (tertiary/aromatic N) is 2. The molecule has 0 atom stereocenters. The van der Waals surface area contributed by atoms with Gasteiger partial charge in [0.2, 0.25) is 0 Å². The average molecular weight is 925 g/mol. The van der Waals surface area contributed by atoms with Crippen molar-refractivity contribution >= 4 is 34.1 Å². The fourth-order valence-electron chi connectivity index (χ4n) is 13.6. The van der Waals surface area contributed by atoms with Crippen molar-refractivity contribution in [2.24, 2.45) is 0 Å². The lowest BCUT2D eigenvalue weighted by Crippen LogP contribution is -2.20. The van der Waals surface area contributed by atoms with Crippen LogP contribution in [0.2, 0.25) is 0 Å². The third-order valence-corrected chi connectivity index (χ3v) is 17.0. The summed E-state index contributed by atoms with van der Waals surface area (Å²) in [5.74, 6) is 0. The number of rotatable bonds is 9. The smallest absolute Gasteiger partial charge is 0.0462 e. The van der Waals surface area contributed by atoms with Gasteiger partial charge < -0.3 is 9.80 Å². The summed E-state index contributed by atoms with van der Waals surface area (Å²) in [5.41, 5.74) is 26.4. The van der Waals surface area contributed by atoms with E-state index in [0.717, 1.165) is 34.1 Å². The number of para-hydroxylation sites is 2. The molecule has 0 aromatic heterocycles. The van der Waals surface area contributed by atoms with E-state index in [-0.39, 0.29) is 10.8 Å². The highest BCUT2D eigenvalue weighted by Gasteiger charge is 2.46. The largest absolute Gasteiger partial charge is 0.311 e. The normalized spacial score (nSPS) is 15.3. The molecule has 0 unspecified atom stereocenters. The van der Waals surface area contributed by atoms with Gasteiger partial charge in [0.05, 0.1) is 0 Å². The van der Waals surface area contributed by atoms with Crippen LogP contribution < -0.4 is 9.80 Å². The minimum absolute atomic E-state index is 0.160. The molecular weight excluding hydrogens is 869 g/mol.